The Morgan fingerprint density at radius 1 is 1.46 bits per heavy atom. The molecule has 0 aromatic carbocycles. The molecule has 0 saturated carbocycles. The summed E-state index contributed by atoms with van der Waals surface area (Å²) in [4.78, 5) is 4.08. The molecule has 0 atom stereocenters. The van der Waals surface area contributed by atoms with Gasteiger partial charge in [-0.05, 0) is 19.9 Å². The standard InChI is InChI=1S/C8H11N3.C2H6/c1-4-5-10-11-7(2)6-9-8(11)3;1-2/h4-6H,1H2,2-3H3;1-2H3/b10-5-;. The molecule has 0 N–H and O–H groups in total. The number of rotatable bonds is 2. The number of aryl methyl sites for hydroxylation is 2. The summed E-state index contributed by atoms with van der Waals surface area (Å²) in [6.07, 6.45) is 5.07. The normalized spacial score (nSPS) is 9.54. The lowest BCUT2D eigenvalue weighted by Gasteiger charge is -1.96. The zero-order valence-corrected chi connectivity index (χ0v) is 8.78. The van der Waals surface area contributed by atoms with Crippen LogP contribution < -0.4 is 0 Å². The Morgan fingerprint density at radius 2 is 2.08 bits per heavy atom. The van der Waals surface area contributed by atoms with Gasteiger partial charge in [0, 0.05) is 6.21 Å². The molecule has 0 spiro atoms. The van der Waals surface area contributed by atoms with E-state index in [1.165, 1.54) is 0 Å². The molecule has 3 nitrogen and oxygen atoms in total. The predicted molar refractivity (Wildman–Crippen MR) is 57.1 cm³/mol. The summed E-state index contributed by atoms with van der Waals surface area (Å²) in [5.41, 5.74) is 1.03. The molecule has 72 valence electrons. The van der Waals surface area contributed by atoms with Crippen LogP contribution >= 0.6 is 0 Å². The Labute approximate surface area is 79.8 Å². The van der Waals surface area contributed by atoms with Crippen molar-refractivity contribution in [1.29, 1.82) is 0 Å². The first-order valence-electron chi connectivity index (χ1n) is 4.42. The summed E-state index contributed by atoms with van der Waals surface area (Å²) in [6, 6.07) is 0. The van der Waals surface area contributed by atoms with Gasteiger partial charge in [-0.15, -0.1) is 0 Å². The maximum atomic E-state index is 4.09. The Hall–Kier alpha value is -1.38. The minimum atomic E-state index is 0.889. The van der Waals surface area contributed by atoms with Crippen molar-refractivity contribution in [1.82, 2.24) is 9.66 Å². The maximum Gasteiger partial charge on any atom is 0.127 e. The maximum absolute atomic E-state index is 4.09. The van der Waals surface area contributed by atoms with Gasteiger partial charge in [-0.1, -0.05) is 20.4 Å². The average molecular weight is 179 g/mol. The van der Waals surface area contributed by atoms with Crippen LogP contribution in [0.5, 0.6) is 0 Å². The summed E-state index contributed by atoms with van der Waals surface area (Å²) >= 11 is 0. The summed E-state index contributed by atoms with van der Waals surface area (Å²) < 4.78 is 1.77. The van der Waals surface area contributed by atoms with E-state index < -0.39 is 0 Å². The quantitative estimate of drug-likeness (QED) is 0.642. The highest BCUT2D eigenvalue weighted by Crippen LogP contribution is 2.00. The molecule has 1 aromatic heterocycles. The van der Waals surface area contributed by atoms with Crippen molar-refractivity contribution < 1.29 is 0 Å². The van der Waals surface area contributed by atoms with E-state index in [-0.39, 0.29) is 0 Å². The molecular formula is C10H17N3. The Bertz CT molecular complexity index is 265. The molecule has 0 saturated heterocycles. The Kier molecular flexibility index (Phi) is 5.52. The van der Waals surface area contributed by atoms with Crippen LogP contribution in [-0.4, -0.2) is 15.9 Å². The molecule has 1 rings (SSSR count). The highest BCUT2D eigenvalue weighted by Gasteiger charge is 1.97. The average Bonchev–Trinajstić information content (AvgIpc) is 2.47. The molecule has 13 heavy (non-hydrogen) atoms. The Balaban J connectivity index is 0.000000671. The van der Waals surface area contributed by atoms with Gasteiger partial charge in [0.15, 0.2) is 0 Å². The minimum Gasteiger partial charge on any atom is -0.240 e. The third kappa shape index (κ3) is 3.23. The van der Waals surface area contributed by atoms with Crippen LogP contribution in [0.25, 0.3) is 0 Å². The van der Waals surface area contributed by atoms with Gasteiger partial charge in [0.05, 0.1) is 11.9 Å². The fourth-order valence-corrected chi connectivity index (χ4v) is 0.840. The molecular weight excluding hydrogens is 162 g/mol. The van der Waals surface area contributed by atoms with E-state index in [9.17, 15) is 0 Å². The van der Waals surface area contributed by atoms with E-state index in [0.717, 1.165) is 11.5 Å². The van der Waals surface area contributed by atoms with Crippen molar-refractivity contribution in [2.45, 2.75) is 27.7 Å². The summed E-state index contributed by atoms with van der Waals surface area (Å²) in [6.45, 7) is 11.4. The van der Waals surface area contributed by atoms with Crippen molar-refractivity contribution in [2.24, 2.45) is 5.10 Å². The lowest BCUT2D eigenvalue weighted by molar-refractivity contribution is 0.804. The highest BCUT2D eigenvalue weighted by molar-refractivity contribution is 5.69. The molecule has 0 fully saturated rings. The minimum absolute atomic E-state index is 0.889. The van der Waals surface area contributed by atoms with Gasteiger partial charge in [0.25, 0.3) is 0 Å². The van der Waals surface area contributed by atoms with E-state index in [1.807, 2.05) is 27.7 Å². The fraction of sp³-hybridized carbons (Fsp3) is 0.400. The van der Waals surface area contributed by atoms with Crippen LogP contribution in [-0.2, 0) is 0 Å². The smallest absolute Gasteiger partial charge is 0.127 e. The second kappa shape index (κ2) is 6.17. The highest BCUT2D eigenvalue weighted by atomic mass is 15.4. The van der Waals surface area contributed by atoms with Gasteiger partial charge in [0.2, 0.25) is 0 Å². The second-order valence-corrected chi connectivity index (χ2v) is 2.26. The molecule has 1 heterocycles. The lowest BCUT2D eigenvalue weighted by atomic mass is 10.6. The topological polar surface area (TPSA) is 30.2 Å². The van der Waals surface area contributed by atoms with Crippen LogP contribution in [0.2, 0.25) is 0 Å². The van der Waals surface area contributed by atoms with Gasteiger partial charge >= 0.3 is 0 Å². The number of imidazole rings is 1. The number of hydrogen-bond donors (Lipinski definition) is 0. The zero-order valence-electron chi connectivity index (χ0n) is 8.78. The van der Waals surface area contributed by atoms with Gasteiger partial charge in [-0.3, -0.25) is 0 Å². The van der Waals surface area contributed by atoms with Crippen molar-refractivity contribution in [3.8, 4) is 0 Å². The molecule has 3 heteroatoms. The number of nitrogens with zero attached hydrogens (tertiary/aromatic N) is 3. The predicted octanol–water partition coefficient (Wildman–Crippen LogP) is 2.55. The van der Waals surface area contributed by atoms with Crippen LogP contribution in [0.1, 0.15) is 25.4 Å². The zero-order chi connectivity index (χ0) is 10.3. The molecule has 0 amide bonds. The van der Waals surface area contributed by atoms with E-state index in [0.29, 0.717) is 0 Å². The van der Waals surface area contributed by atoms with Crippen molar-refractivity contribution in [3.63, 3.8) is 0 Å². The van der Waals surface area contributed by atoms with E-state index in [2.05, 4.69) is 16.7 Å². The van der Waals surface area contributed by atoms with Crippen LogP contribution in [0.4, 0.5) is 0 Å². The van der Waals surface area contributed by atoms with E-state index in [1.54, 1.807) is 23.2 Å². The van der Waals surface area contributed by atoms with Crippen molar-refractivity contribution >= 4 is 6.21 Å². The molecule has 0 aliphatic heterocycles. The summed E-state index contributed by atoms with van der Waals surface area (Å²) in [5, 5.41) is 4.09. The SMILES string of the molecule is C=C/C=N\n1c(C)cnc1C.CC. The van der Waals surface area contributed by atoms with Crippen LogP contribution in [0.15, 0.2) is 24.0 Å². The van der Waals surface area contributed by atoms with Crippen LogP contribution in [0.3, 0.4) is 0 Å². The van der Waals surface area contributed by atoms with Crippen molar-refractivity contribution in [2.75, 3.05) is 0 Å². The molecule has 0 radical (unpaired) electrons. The first kappa shape index (κ1) is 11.6. The largest absolute Gasteiger partial charge is 0.240 e. The molecule has 0 bridgehead atoms. The third-order valence-corrected chi connectivity index (χ3v) is 1.37. The molecule has 1 aromatic rings. The molecule has 0 aliphatic rings. The monoisotopic (exact) mass is 179 g/mol. The molecule has 0 unspecified atom stereocenters. The molecule has 0 aliphatic carbocycles. The summed E-state index contributed by atoms with van der Waals surface area (Å²) in [7, 11) is 0. The number of allylic oxidation sites excluding steroid dienone is 1. The van der Waals surface area contributed by atoms with Gasteiger partial charge in [-0.25, -0.2) is 9.66 Å². The van der Waals surface area contributed by atoms with Gasteiger partial charge in [0.1, 0.15) is 5.82 Å². The lowest BCUT2D eigenvalue weighted by Crippen LogP contribution is -1.93. The van der Waals surface area contributed by atoms with Crippen molar-refractivity contribution in [3.05, 3.63) is 30.4 Å². The van der Waals surface area contributed by atoms with E-state index >= 15 is 0 Å². The second-order valence-electron chi connectivity index (χ2n) is 2.26. The third-order valence-electron chi connectivity index (χ3n) is 1.37. The Morgan fingerprint density at radius 3 is 2.46 bits per heavy atom. The first-order chi connectivity index (χ1) is 6.25. The van der Waals surface area contributed by atoms with Gasteiger partial charge < -0.3 is 0 Å². The van der Waals surface area contributed by atoms with E-state index in [4.69, 9.17) is 0 Å². The van der Waals surface area contributed by atoms with Crippen LogP contribution in [0, 0.1) is 13.8 Å². The number of aromatic nitrogens is 2. The fourth-order valence-electron chi connectivity index (χ4n) is 0.840. The van der Waals surface area contributed by atoms with Gasteiger partial charge in [-0.2, -0.15) is 5.10 Å². The number of hydrogen-bond acceptors (Lipinski definition) is 2. The first-order valence-corrected chi connectivity index (χ1v) is 4.42. The summed E-state index contributed by atoms with van der Waals surface area (Å²) in [5.74, 6) is 0.889.